The normalized spacial score (nSPS) is 23.9. The summed E-state index contributed by atoms with van der Waals surface area (Å²) in [4.78, 5) is 11.8. The lowest BCUT2D eigenvalue weighted by molar-refractivity contribution is -0.145. The second-order valence-electron chi connectivity index (χ2n) is 5.66. The SMILES string of the molecule is CCOC(=O)[C@@H]1[C@H](COCc2ccccc2)C1(C)C. The maximum Gasteiger partial charge on any atom is 0.309 e. The molecule has 104 valence electrons. The maximum atomic E-state index is 11.8. The molecule has 19 heavy (non-hydrogen) atoms. The minimum absolute atomic E-state index is 0.00292. The van der Waals surface area contributed by atoms with Gasteiger partial charge in [-0.05, 0) is 17.9 Å². The van der Waals surface area contributed by atoms with Gasteiger partial charge in [-0.25, -0.2) is 0 Å². The van der Waals surface area contributed by atoms with E-state index in [9.17, 15) is 4.79 Å². The first-order chi connectivity index (χ1) is 9.07. The molecule has 0 unspecified atom stereocenters. The van der Waals surface area contributed by atoms with Crippen LogP contribution in [0.2, 0.25) is 0 Å². The standard InChI is InChI=1S/C16H22O3/c1-4-19-15(17)14-13(16(14,2)3)11-18-10-12-8-6-5-7-9-12/h5-9,13-14H,4,10-11H2,1-3H3/t13-,14-/m0/s1. The van der Waals surface area contributed by atoms with Crippen molar-refractivity contribution >= 4 is 5.97 Å². The van der Waals surface area contributed by atoms with Gasteiger partial charge in [-0.1, -0.05) is 44.2 Å². The molecule has 0 spiro atoms. The highest BCUT2D eigenvalue weighted by molar-refractivity contribution is 5.77. The first-order valence-electron chi connectivity index (χ1n) is 6.85. The van der Waals surface area contributed by atoms with Crippen molar-refractivity contribution < 1.29 is 14.3 Å². The fourth-order valence-corrected chi connectivity index (χ4v) is 2.63. The lowest BCUT2D eigenvalue weighted by Gasteiger charge is -2.05. The van der Waals surface area contributed by atoms with E-state index in [0.29, 0.717) is 19.8 Å². The Morgan fingerprint density at radius 3 is 2.58 bits per heavy atom. The molecule has 0 saturated heterocycles. The van der Waals surface area contributed by atoms with E-state index in [4.69, 9.17) is 9.47 Å². The second kappa shape index (κ2) is 5.74. The molecule has 1 fully saturated rings. The number of rotatable bonds is 6. The van der Waals surface area contributed by atoms with Crippen LogP contribution in [-0.2, 0) is 20.9 Å². The van der Waals surface area contributed by atoms with Crippen LogP contribution in [0.5, 0.6) is 0 Å². The van der Waals surface area contributed by atoms with Crippen molar-refractivity contribution in [1.29, 1.82) is 0 Å². The molecule has 0 bridgehead atoms. The predicted molar refractivity (Wildman–Crippen MR) is 73.5 cm³/mol. The van der Waals surface area contributed by atoms with Gasteiger partial charge in [0, 0.05) is 5.92 Å². The molecule has 1 aliphatic rings. The van der Waals surface area contributed by atoms with Crippen LogP contribution in [0.15, 0.2) is 30.3 Å². The van der Waals surface area contributed by atoms with Crippen molar-refractivity contribution in [3.63, 3.8) is 0 Å². The van der Waals surface area contributed by atoms with Gasteiger partial charge in [-0.3, -0.25) is 4.79 Å². The fourth-order valence-electron chi connectivity index (χ4n) is 2.63. The highest BCUT2D eigenvalue weighted by Crippen LogP contribution is 2.58. The number of carbonyl (C=O) groups is 1. The number of hydrogen-bond acceptors (Lipinski definition) is 3. The summed E-state index contributed by atoms with van der Waals surface area (Å²) >= 11 is 0. The summed E-state index contributed by atoms with van der Waals surface area (Å²) in [5, 5.41) is 0. The minimum atomic E-state index is -0.0826. The number of benzene rings is 1. The van der Waals surface area contributed by atoms with Crippen molar-refractivity contribution in [2.24, 2.45) is 17.3 Å². The van der Waals surface area contributed by atoms with E-state index in [1.807, 2.05) is 37.3 Å². The summed E-state index contributed by atoms with van der Waals surface area (Å²) in [5.41, 5.74) is 1.16. The van der Waals surface area contributed by atoms with Crippen LogP contribution < -0.4 is 0 Å². The number of carbonyl (C=O) groups excluding carboxylic acids is 1. The average molecular weight is 262 g/mol. The van der Waals surface area contributed by atoms with Crippen molar-refractivity contribution in [2.45, 2.75) is 27.4 Å². The Labute approximate surface area is 114 Å². The largest absolute Gasteiger partial charge is 0.466 e. The van der Waals surface area contributed by atoms with Crippen LogP contribution in [-0.4, -0.2) is 19.2 Å². The lowest BCUT2D eigenvalue weighted by atomic mass is 10.1. The van der Waals surface area contributed by atoms with Gasteiger partial charge in [0.2, 0.25) is 0 Å². The molecule has 1 aromatic carbocycles. The van der Waals surface area contributed by atoms with Crippen molar-refractivity contribution in [3.05, 3.63) is 35.9 Å². The number of hydrogen-bond donors (Lipinski definition) is 0. The lowest BCUT2D eigenvalue weighted by Crippen LogP contribution is -2.10. The topological polar surface area (TPSA) is 35.5 Å². The van der Waals surface area contributed by atoms with Crippen molar-refractivity contribution in [3.8, 4) is 0 Å². The first-order valence-corrected chi connectivity index (χ1v) is 6.85. The zero-order chi connectivity index (χ0) is 13.9. The Bertz CT molecular complexity index is 425. The third-order valence-corrected chi connectivity index (χ3v) is 4.00. The summed E-state index contributed by atoms with van der Waals surface area (Å²) in [6.07, 6.45) is 0. The third-order valence-electron chi connectivity index (χ3n) is 4.00. The summed E-state index contributed by atoms with van der Waals surface area (Å²) in [6, 6.07) is 10.1. The molecule has 3 heteroatoms. The molecule has 3 nitrogen and oxygen atoms in total. The molecular formula is C16H22O3. The fraction of sp³-hybridized carbons (Fsp3) is 0.562. The molecule has 2 rings (SSSR count). The molecule has 0 aliphatic heterocycles. The van der Waals surface area contributed by atoms with E-state index in [1.54, 1.807) is 0 Å². The van der Waals surface area contributed by atoms with Gasteiger partial charge < -0.3 is 9.47 Å². The van der Waals surface area contributed by atoms with Gasteiger partial charge in [0.1, 0.15) is 0 Å². The van der Waals surface area contributed by atoms with Crippen LogP contribution >= 0.6 is 0 Å². The highest BCUT2D eigenvalue weighted by atomic mass is 16.5. The maximum absolute atomic E-state index is 11.8. The molecular weight excluding hydrogens is 240 g/mol. The summed E-state index contributed by atoms with van der Waals surface area (Å²) in [7, 11) is 0. The molecule has 0 amide bonds. The second-order valence-corrected chi connectivity index (χ2v) is 5.66. The van der Waals surface area contributed by atoms with Crippen LogP contribution in [0, 0.1) is 17.3 Å². The number of ether oxygens (including phenoxy) is 2. The van der Waals surface area contributed by atoms with Crippen LogP contribution in [0.1, 0.15) is 26.3 Å². The first kappa shape index (κ1) is 14.1. The highest BCUT2D eigenvalue weighted by Gasteiger charge is 2.62. The molecule has 1 aromatic rings. The Kier molecular flexibility index (Phi) is 4.25. The summed E-state index contributed by atoms with van der Waals surface area (Å²) < 4.78 is 10.8. The van der Waals surface area contributed by atoms with Crippen LogP contribution in [0.3, 0.4) is 0 Å². The quantitative estimate of drug-likeness (QED) is 0.739. The number of esters is 1. The van der Waals surface area contributed by atoms with E-state index in [0.717, 1.165) is 5.56 Å². The summed E-state index contributed by atoms with van der Waals surface area (Å²) in [6.45, 7) is 7.71. The Morgan fingerprint density at radius 2 is 1.95 bits per heavy atom. The van der Waals surface area contributed by atoms with Gasteiger partial charge in [-0.2, -0.15) is 0 Å². The molecule has 0 radical (unpaired) electrons. The van der Waals surface area contributed by atoms with Crippen molar-refractivity contribution in [2.75, 3.05) is 13.2 Å². The average Bonchev–Trinajstić information content (AvgIpc) is 2.93. The Hall–Kier alpha value is -1.35. The monoisotopic (exact) mass is 262 g/mol. The Morgan fingerprint density at radius 1 is 1.26 bits per heavy atom. The third kappa shape index (κ3) is 3.16. The van der Waals surface area contributed by atoms with Gasteiger partial charge in [0.15, 0.2) is 0 Å². The van der Waals surface area contributed by atoms with E-state index in [2.05, 4.69) is 13.8 Å². The molecule has 1 saturated carbocycles. The molecule has 2 atom stereocenters. The van der Waals surface area contributed by atoms with E-state index < -0.39 is 0 Å². The minimum Gasteiger partial charge on any atom is -0.466 e. The smallest absolute Gasteiger partial charge is 0.309 e. The van der Waals surface area contributed by atoms with Gasteiger partial charge in [0.05, 0.1) is 25.7 Å². The van der Waals surface area contributed by atoms with Gasteiger partial charge in [0.25, 0.3) is 0 Å². The molecule has 0 heterocycles. The van der Waals surface area contributed by atoms with E-state index >= 15 is 0 Å². The predicted octanol–water partition coefficient (Wildman–Crippen LogP) is 3.04. The summed E-state index contributed by atoms with van der Waals surface area (Å²) in [5.74, 6) is 0.180. The van der Waals surface area contributed by atoms with E-state index in [1.165, 1.54) is 0 Å². The van der Waals surface area contributed by atoms with E-state index in [-0.39, 0.29) is 23.2 Å². The van der Waals surface area contributed by atoms with Gasteiger partial charge in [-0.15, -0.1) is 0 Å². The molecule has 1 aliphatic carbocycles. The Balaban J connectivity index is 1.79. The zero-order valence-electron chi connectivity index (χ0n) is 11.9. The molecule has 0 N–H and O–H groups in total. The van der Waals surface area contributed by atoms with Gasteiger partial charge >= 0.3 is 5.97 Å². The van der Waals surface area contributed by atoms with Crippen LogP contribution in [0.25, 0.3) is 0 Å². The van der Waals surface area contributed by atoms with Crippen molar-refractivity contribution in [1.82, 2.24) is 0 Å². The zero-order valence-corrected chi connectivity index (χ0v) is 11.9. The van der Waals surface area contributed by atoms with Crippen LogP contribution in [0.4, 0.5) is 0 Å². The molecule has 0 aromatic heterocycles.